The molecule has 0 unspecified atom stereocenters. The van der Waals surface area contributed by atoms with Crippen molar-refractivity contribution in [3.8, 4) is 0 Å². The maximum Gasteiger partial charge on any atom is 0.214 e. The van der Waals surface area contributed by atoms with Crippen molar-refractivity contribution in [3.63, 3.8) is 0 Å². The van der Waals surface area contributed by atoms with Gasteiger partial charge in [-0.05, 0) is 6.92 Å². The lowest BCUT2D eigenvalue weighted by molar-refractivity contribution is 0.176. The van der Waals surface area contributed by atoms with Gasteiger partial charge in [-0.15, -0.1) is 12.4 Å². The van der Waals surface area contributed by atoms with Gasteiger partial charge in [0.1, 0.15) is 5.25 Å². The molecule has 10 nitrogen and oxygen atoms in total. The fourth-order valence-corrected chi connectivity index (χ4v) is 3.50. The standard InChI is InChI=1S/C7H14N4O2S.C3H8N2O2S.ClH/c1-7(9-10-7)2-3-11-4-6(5-11)14(8,12)13;4-8(6,7)3-1-5-2-3;/h6H,2-5H2,1H3,(H2,8,12,13);3,5H,1-2H2,(H2,4,6,7);1H. The fraction of sp³-hybridized carbons (Fsp3) is 1.00. The molecule has 3 heterocycles. The Hall–Kier alpha value is -0.370. The van der Waals surface area contributed by atoms with E-state index in [1.165, 1.54) is 0 Å². The Morgan fingerprint density at radius 3 is 1.83 bits per heavy atom. The maximum absolute atomic E-state index is 10.9. The van der Waals surface area contributed by atoms with Crippen LogP contribution in [0.4, 0.5) is 0 Å². The van der Waals surface area contributed by atoms with Gasteiger partial charge in [0.05, 0.1) is 5.25 Å². The molecule has 0 atom stereocenters. The van der Waals surface area contributed by atoms with E-state index in [0.717, 1.165) is 13.0 Å². The first-order valence-electron chi connectivity index (χ1n) is 6.90. The summed E-state index contributed by atoms with van der Waals surface area (Å²) in [5, 5.41) is 19.7. The minimum absolute atomic E-state index is 0. The van der Waals surface area contributed by atoms with Gasteiger partial charge in [0.2, 0.25) is 20.0 Å². The fourth-order valence-electron chi connectivity index (χ4n) is 1.96. The highest BCUT2D eigenvalue weighted by atomic mass is 35.5. The zero-order chi connectivity index (χ0) is 16.6. The van der Waals surface area contributed by atoms with Crippen molar-refractivity contribution in [2.75, 3.05) is 32.7 Å². The van der Waals surface area contributed by atoms with E-state index in [0.29, 0.717) is 26.2 Å². The Balaban J connectivity index is 0.000000253. The van der Waals surface area contributed by atoms with Crippen molar-refractivity contribution in [3.05, 3.63) is 0 Å². The summed E-state index contributed by atoms with van der Waals surface area (Å²) < 4.78 is 42.5. The van der Waals surface area contributed by atoms with Crippen molar-refractivity contribution in [1.82, 2.24) is 10.2 Å². The number of likely N-dealkylation sites (tertiary alicyclic amines) is 1. The van der Waals surface area contributed by atoms with Gasteiger partial charge < -0.3 is 10.2 Å². The van der Waals surface area contributed by atoms with Gasteiger partial charge in [-0.25, -0.2) is 27.1 Å². The zero-order valence-corrected chi connectivity index (χ0v) is 15.2. The normalized spacial score (nSPS) is 23.8. The van der Waals surface area contributed by atoms with Crippen LogP contribution in [0.2, 0.25) is 0 Å². The van der Waals surface area contributed by atoms with Crippen molar-refractivity contribution in [1.29, 1.82) is 0 Å². The Bertz CT molecular complexity index is 636. The molecule has 0 aliphatic carbocycles. The zero-order valence-electron chi connectivity index (χ0n) is 12.8. The number of rotatable bonds is 5. The largest absolute Gasteiger partial charge is 0.314 e. The molecule has 0 aromatic heterocycles. The molecule has 0 radical (unpaired) electrons. The van der Waals surface area contributed by atoms with Gasteiger partial charge in [-0.1, -0.05) is 0 Å². The minimum Gasteiger partial charge on any atom is -0.314 e. The molecule has 0 aromatic rings. The van der Waals surface area contributed by atoms with Crippen LogP contribution in [0.5, 0.6) is 0 Å². The summed E-state index contributed by atoms with van der Waals surface area (Å²) in [5.41, 5.74) is -0.188. The number of primary sulfonamides is 2. The van der Waals surface area contributed by atoms with Crippen LogP contribution in [-0.4, -0.2) is 70.6 Å². The monoisotopic (exact) mass is 390 g/mol. The van der Waals surface area contributed by atoms with Crippen LogP contribution in [0.1, 0.15) is 13.3 Å². The van der Waals surface area contributed by atoms with E-state index in [9.17, 15) is 16.8 Å². The number of nitrogens with one attached hydrogen (secondary N) is 1. The topological polar surface area (TPSA) is 160 Å². The van der Waals surface area contributed by atoms with Gasteiger partial charge >= 0.3 is 0 Å². The summed E-state index contributed by atoms with van der Waals surface area (Å²) in [4.78, 5) is 2.06. The highest BCUT2D eigenvalue weighted by Gasteiger charge is 2.38. The molecule has 3 aliphatic heterocycles. The van der Waals surface area contributed by atoms with E-state index in [-0.39, 0.29) is 28.6 Å². The van der Waals surface area contributed by atoms with Crippen LogP contribution in [0.25, 0.3) is 0 Å². The molecule has 2 saturated heterocycles. The van der Waals surface area contributed by atoms with E-state index in [4.69, 9.17) is 10.3 Å². The average Bonchev–Trinajstić information content (AvgIpc) is 2.87. The first kappa shape index (κ1) is 20.7. The molecule has 0 amide bonds. The lowest BCUT2D eigenvalue weighted by Gasteiger charge is -2.37. The van der Waals surface area contributed by atoms with Gasteiger partial charge in [0.25, 0.3) is 0 Å². The van der Waals surface area contributed by atoms with Crippen molar-refractivity contribution in [2.45, 2.75) is 29.5 Å². The van der Waals surface area contributed by atoms with Crippen molar-refractivity contribution in [2.24, 2.45) is 20.5 Å². The van der Waals surface area contributed by atoms with E-state index in [1.54, 1.807) is 0 Å². The van der Waals surface area contributed by atoms with Crippen LogP contribution in [0.15, 0.2) is 10.2 Å². The Kier molecular flexibility index (Phi) is 6.52. The second kappa shape index (κ2) is 7.25. The second-order valence-electron chi connectivity index (χ2n) is 6.01. The second-order valence-corrected chi connectivity index (χ2v) is 9.70. The molecule has 0 aromatic carbocycles. The summed E-state index contributed by atoms with van der Waals surface area (Å²) >= 11 is 0. The van der Waals surface area contributed by atoms with E-state index < -0.39 is 20.0 Å². The molecule has 0 spiro atoms. The lowest BCUT2D eigenvalue weighted by atomic mass is 10.1. The smallest absolute Gasteiger partial charge is 0.214 e. The van der Waals surface area contributed by atoms with Crippen molar-refractivity contribution < 1.29 is 16.8 Å². The number of nitrogens with zero attached hydrogens (tertiary/aromatic N) is 3. The Labute approximate surface area is 142 Å². The van der Waals surface area contributed by atoms with Gasteiger partial charge in [0, 0.05) is 39.1 Å². The molecular weight excluding hydrogens is 368 g/mol. The average molecular weight is 391 g/mol. The molecule has 23 heavy (non-hydrogen) atoms. The number of hydrogen-bond acceptors (Lipinski definition) is 8. The molecule has 3 rings (SSSR count). The molecule has 136 valence electrons. The summed E-state index contributed by atoms with van der Waals surface area (Å²) in [6.07, 6.45) is 0.865. The predicted octanol–water partition coefficient (Wildman–Crippen LogP) is -1.80. The first-order valence-corrected chi connectivity index (χ1v) is 10.1. The lowest BCUT2D eigenvalue weighted by Crippen LogP contribution is -2.56. The molecule has 5 N–H and O–H groups in total. The van der Waals surface area contributed by atoms with E-state index in [1.807, 2.05) is 6.92 Å². The summed E-state index contributed by atoms with van der Waals surface area (Å²) in [6.45, 7) is 4.93. The molecule has 0 bridgehead atoms. The highest BCUT2D eigenvalue weighted by molar-refractivity contribution is 7.90. The number of hydrogen-bond donors (Lipinski definition) is 3. The third kappa shape index (κ3) is 6.21. The first-order chi connectivity index (χ1) is 10.00. The maximum atomic E-state index is 10.9. The number of halogens is 1. The summed E-state index contributed by atoms with van der Waals surface area (Å²) in [6, 6.07) is 0. The van der Waals surface area contributed by atoms with E-state index >= 15 is 0 Å². The molecule has 3 aliphatic rings. The van der Waals surface area contributed by atoms with Gasteiger partial charge in [-0.3, -0.25) is 0 Å². The summed E-state index contributed by atoms with van der Waals surface area (Å²) in [7, 11) is -6.55. The van der Waals surface area contributed by atoms with Crippen molar-refractivity contribution >= 4 is 32.5 Å². The van der Waals surface area contributed by atoms with Crippen LogP contribution >= 0.6 is 12.4 Å². The molecule has 0 saturated carbocycles. The van der Waals surface area contributed by atoms with Crippen LogP contribution in [-0.2, 0) is 20.0 Å². The van der Waals surface area contributed by atoms with Gasteiger partial charge in [-0.2, -0.15) is 10.2 Å². The number of nitrogens with two attached hydrogens (primary N) is 2. The predicted molar refractivity (Wildman–Crippen MR) is 88.2 cm³/mol. The third-order valence-corrected chi connectivity index (χ3v) is 6.43. The Morgan fingerprint density at radius 1 is 1.09 bits per heavy atom. The van der Waals surface area contributed by atoms with Crippen LogP contribution < -0.4 is 15.6 Å². The van der Waals surface area contributed by atoms with Crippen LogP contribution in [0.3, 0.4) is 0 Å². The van der Waals surface area contributed by atoms with Gasteiger partial charge in [0.15, 0.2) is 5.66 Å². The SMILES string of the molecule is CC1(CCN2CC(S(N)(=O)=O)C2)N=N1.Cl.NS(=O)(=O)C1CNC1. The molecular formula is C10H23ClN6O4S2. The molecule has 2 fully saturated rings. The number of sulfonamides is 2. The summed E-state index contributed by atoms with van der Waals surface area (Å²) in [5.74, 6) is 0. The molecule has 13 heteroatoms. The van der Waals surface area contributed by atoms with E-state index in [2.05, 4.69) is 20.4 Å². The third-order valence-electron chi connectivity index (χ3n) is 3.94. The highest BCUT2D eigenvalue weighted by Crippen LogP contribution is 2.31. The minimum atomic E-state index is -3.33. The Morgan fingerprint density at radius 2 is 1.57 bits per heavy atom. The quantitative estimate of drug-likeness (QED) is 0.501. The van der Waals surface area contributed by atoms with Crippen LogP contribution in [0, 0.1) is 0 Å².